The summed E-state index contributed by atoms with van der Waals surface area (Å²) in [6, 6.07) is 16.1. The molecule has 1 aliphatic heterocycles. The lowest BCUT2D eigenvalue weighted by atomic mass is 9.91. The standard InChI is InChI=1S/C23H31FN2O3S/c1-2-20(21-10-6-7-11-22(21)24)12-13-23(26-16-14-25-15-17-26)30(27,28)29-18-19-8-4-3-5-9-19/h3-11,20,23,25H,2,12-18H2,1H3. The fraction of sp³-hybridized carbons (Fsp3) is 0.478. The Hall–Kier alpha value is -1.80. The van der Waals surface area contributed by atoms with Crippen LogP contribution in [0.3, 0.4) is 0 Å². The Morgan fingerprint density at radius 3 is 2.37 bits per heavy atom. The number of hydrogen-bond donors (Lipinski definition) is 1. The molecule has 7 heteroatoms. The predicted molar refractivity (Wildman–Crippen MR) is 117 cm³/mol. The SMILES string of the molecule is CCC(CCC(N1CCNCC1)S(=O)(=O)OCc1ccccc1)c1ccccc1F. The molecular formula is C23H31FN2O3S. The van der Waals surface area contributed by atoms with Gasteiger partial charge < -0.3 is 5.32 Å². The van der Waals surface area contributed by atoms with E-state index in [1.807, 2.05) is 48.2 Å². The minimum Gasteiger partial charge on any atom is -0.314 e. The molecule has 1 heterocycles. The minimum absolute atomic E-state index is 0.0241. The van der Waals surface area contributed by atoms with E-state index in [2.05, 4.69) is 5.32 Å². The van der Waals surface area contributed by atoms with Gasteiger partial charge in [-0.1, -0.05) is 55.5 Å². The summed E-state index contributed by atoms with van der Waals surface area (Å²) < 4.78 is 46.0. The Bertz CT molecular complexity index is 886. The first kappa shape index (κ1) is 22.9. The number of benzene rings is 2. The van der Waals surface area contributed by atoms with Crippen LogP contribution in [-0.4, -0.2) is 44.9 Å². The van der Waals surface area contributed by atoms with Crippen LogP contribution in [0, 0.1) is 5.82 Å². The first-order valence-electron chi connectivity index (χ1n) is 10.6. The Morgan fingerprint density at radius 2 is 1.70 bits per heavy atom. The number of hydrogen-bond acceptors (Lipinski definition) is 5. The first-order valence-corrected chi connectivity index (χ1v) is 12.1. The van der Waals surface area contributed by atoms with Crippen molar-refractivity contribution in [3.05, 3.63) is 71.5 Å². The highest BCUT2D eigenvalue weighted by Gasteiger charge is 2.34. The fourth-order valence-corrected chi connectivity index (χ4v) is 5.47. The highest BCUT2D eigenvalue weighted by atomic mass is 32.2. The molecule has 1 N–H and O–H groups in total. The van der Waals surface area contributed by atoms with Crippen LogP contribution in [0.5, 0.6) is 0 Å². The van der Waals surface area contributed by atoms with Gasteiger partial charge in [0.15, 0.2) is 0 Å². The molecule has 3 rings (SSSR count). The molecule has 164 valence electrons. The average molecular weight is 435 g/mol. The van der Waals surface area contributed by atoms with E-state index in [0.717, 1.165) is 25.1 Å². The summed E-state index contributed by atoms with van der Waals surface area (Å²) in [5, 5.41) is 2.53. The highest BCUT2D eigenvalue weighted by Crippen LogP contribution is 2.30. The fourth-order valence-electron chi connectivity index (χ4n) is 4.01. The highest BCUT2D eigenvalue weighted by molar-refractivity contribution is 7.87. The maximum atomic E-state index is 14.3. The molecule has 1 fully saturated rings. The molecule has 0 bridgehead atoms. The van der Waals surface area contributed by atoms with Crippen molar-refractivity contribution in [1.82, 2.24) is 10.2 Å². The molecule has 2 unspecified atom stereocenters. The van der Waals surface area contributed by atoms with Crippen LogP contribution in [0.1, 0.15) is 43.2 Å². The van der Waals surface area contributed by atoms with Gasteiger partial charge in [0.2, 0.25) is 0 Å². The number of piperazine rings is 1. The van der Waals surface area contributed by atoms with Gasteiger partial charge in [0, 0.05) is 26.2 Å². The second-order valence-electron chi connectivity index (χ2n) is 7.69. The monoisotopic (exact) mass is 434 g/mol. The van der Waals surface area contributed by atoms with Crippen molar-refractivity contribution in [3.63, 3.8) is 0 Å². The first-order chi connectivity index (χ1) is 14.5. The van der Waals surface area contributed by atoms with Gasteiger partial charge in [-0.2, -0.15) is 8.42 Å². The molecule has 5 nitrogen and oxygen atoms in total. The van der Waals surface area contributed by atoms with Gasteiger partial charge in [-0.05, 0) is 42.4 Å². The van der Waals surface area contributed by atoms with Crippen molar-refractivity contribution >= 4 is 10.1 Å². The van der Waals surface area contributed by atoms with E-state index < -0.39 is 15.5 Å². The summed E-state index contributed by atoms with van der Waals surface area (Å²) >= 11 is 0. The molecule has 0 spiro atoms. The summed E-state index contributed by atoms with van der Waals surface area (Å²) in [4.78, 5) is 1.98. The second-order valence-corrected chi connectivity index (χ2v) is 9.45. The van der Waals surface area contributed by atoms with Gasteiger partial charge in [-0.15, -0.1) is 0 Å². The van der Waals surface area contributed by atoms with Gasteiger partial charge in [0.05, 0.1) is 6.61 Å². The quantitative estimate of drug-likeness (QED) is 0.575. The van der Waals surface area contributed by atoms with Crippen LogP contribution in [-0.2, 0) is 20.9 Å². The lowest BCUT2D eigenvalue weighted by Gasteiger charge is -2.34. The minimum atomic E-state index is -3.81. The van der Waals surface area contributed by atoms with Gasteiger partial charge in [-0.25, -0.2) is 4.39 Å². The average Bonchev–Trinajstić information content (AvgIpc) is 2.77. The van der Waals surface area contributed by atoms with Crippen molar-refractivity contribution in [1.29, 1.82) is 0 Å². The number of nitrogens with one attached hydrogen (secondary N) is 1. The van der Waals surface area contributed by atoms with Crippen molar-refractivity contribution in [2.45, 2.75) is 44.1 Å². The van der Waals surface area contributed by atoms with Gasteiger partial charge >= 0.3 is 0 Å². The van der Waals surface area contributed by atoms with Crippen molar-refractivity contribution in [2.24, 2.45) is 0 Å². The Labute approximate surface area is 179 Å². The third-order valence-corrected chi connectivity index (χ3v) is 7.37. The summed E-state index contributed by atoms with van der Waals surface area (Å²) in [5.41, 5.74) is 1.47. The van der Waals surface area contributed by atoms with Gasteiger partial charge in [0.25, 0.3) is 10.1 Å². The van der Waals surface area contributed by atoms with E-state index in [0.29, 0.717) is 31.5 Å². The van der Waals surface area contributed by atoms with Crippen LogP contribution >= 0.6 is 0 Å². The molecule has 2 aromatic rings. The Morgan fingerprint density at radius 1 is 1.03 bits per heavy atom. The largest absolute Gasteiger partial charge is 0.314 e. The molecule has 2 aromatic carbocycles. The van der Waals surface area contributed by atoms with Crippen molar-refractivity contribution in [3.8, 4) is 0 Å². The maximum absolute atomic E-state index is 14.3. The molecule has 0 radical (unpaired) electrons. The Balaban J connectivity index is 1.73. The molecule has 2 atom stereocenters. The van der Waals surface area contributed by atoms with Crippen LogP contribution in [0.4, 0.5) is 4.39 Å². The zero-order chi connectivity index (χ0) is 21.4. The molecule has 1 saturated heterocycles. The van der Waals surface area contributed by atoms with Crippen molar-refractivity contribution in [2.75, 3.05) is 26.2 Å². The smallest absolute Gasteiger partial charge is 0.284 e. The lowest BCUT2D eigenvalue weighted by molar-refractivity contribution is 0.186. The summed E-state index contributed by atoms with van der Waals surface area (Å²) in [7, 11) is -3.81. The zero-order valence-corrected chi connectivity index (χ0v) is 18.3. The molecular weight excluding hydrogens is 403 g/mol. The third-order valence-electron chi connectivity index (χ3n) is 5.72. The van der Waals surface area contributed by atoms with Crippen LogP contribution in [0.25, 0.3) is 0 Å². The second kappa shape index (κ2) is 11.0. The van der Waals surface area contributed by atoms with Crippen molar-refractivity contribution < 1.29 is 17.0 Å². The Kier molecular flexibility index (Phi) is 8.39. The normalized spacial score (nSPS) is 17.5. The van der Waals surface area contributed by atoms with E-state index in [1.54, 1.807) is 12.1 Å². The molecule has 0 aromatic heterocycles. The molecule has 0 saturated carbocycles. The molecule has 1 aliphatic rings. The van der Waals surface area contributed by atoms with E-state index in [-0.39, 0.29) is 18.3 Å². The van der Waals surface area contributed by atoms with E-state index in [4.69, 9.17) is 4.18 Å². The maximum Gasteiger partial charge on any atom is 0.284 e. The van der Waals surface area contributed by atoms with Gasteiger partial charge in [0.1, 0.15) is 11.2 Å². The van der Waals surface area contributed by atoms with E-state index in [1.165, 1.54) is 6.07 Å². The summed E-state index contributed by atoms with van der Waals surface area (Å²) in [6.07, 6.45) is 1.74. The van der Waals surface area contributed by atoms with Crippen LogP contribution in [0.15, 0.2) is 54.6 Å². The predicted octanol–water partition coefficient (Wildman–Crippen LogP) is 3.88. The summed E-state index contributed by atoms with van der Waals surface area (Å²) in [5.74, 6) is -0.257. The number of rotatable bonds is 10. The topological polar surface area (TPSA) is 58.6 Å². The third kappa shape index (κ3) is 6.11. The summed E-state index contributed by atoms with van der Waals surface area (Å²) in [6.45, 7) is 4.82. The van der Waals surface area contributed by atoms with E-state index >= 15 is 0 Å². The van der Waals surface area contributed by atoms with Crippen LogP contribution in [0.2, 0.25) is 0 Å². The van der Waals surface area contributed by atoms with Crippen LogP contribution < -0.4 is 5.32 Å². The molecule has 0 amide bonds. The molecule has 30 heavy (non-hydrogen) atoms. The number of halogens is 1. The molecule has 0 aliphatic carbocycles. The van der Waals surface area contributed by atoms with E-state index in [9.17, 15) is 12.8 Å². The zero-order valence-electron chi connectivity index (χ0n) is 17.5. The number of nitrogens with zero attached hydrogens (tertiary/aromatic N) is 1. The van der Waals surface area contributed by atoms with Gasteiger partial charge in [-0.3, -0.25) is 9.08 Å². The lowest BCUT2D eigenvalue weighted by Crippen LogP contribution is -2.51.